The van der Waals surface area contributed by atoms with Crippen LogP contribution in [0.4, 0.5) is 0 Å². The molecule has 1 aliphatic heterocycles. The van der Waals surface area contributed by atoms with Crippen molar-refractivity contribution in [1.29, 1.82) is 0 Å². The Morgan fingerprint density at radius 1 is 1.15 bits per heavy atom. The minimum atomic E-state index is -0.450. The molecule has 0 fully saturated rings. The number of halogens is 1. The van der Waals surface area contributed by atoms with Gasteiger partial charge in [-0.15, -0.1) is 21.5 Å². The van der Waals surface area contributed by atoms with Crippen LogP contribution in [0, 0.1) is 20.8 Å². The lowest BCUT2D eigenvalue weighted by Crippen LogP contribution is -2.35. The third-order valence-electron chi connectivity index (χ3n) is 5.74. The molecule has 33 heavy (non-hydrogen) atoms. The minimum absolute atomic E-state index is 0.0601. The molecule has 3 heterocycles. The second-order valence-corrected chi connectivity index (χ2v) is 10.2. The van der Waals surface area contributed by atoms with Gasteiger partial charge in [-0.05, 0) is 38.5 Å². The van der Waals surface area contributed by atoms with Crippen LogP contribution in [0.15, 0.2) is 29.3 Å². The summed E-state index contributed by atoms with van der Waals surface area (Å²) >= 11 is 7.85. The van der Waals surface area contributed by atoms with E-state index in [1.807, 2.05) is 31.2 Å². The van der Waals surface area contributed by atoms with E-state index in [-0.39, 0.29) is 12.3 Å². The normalized spacial score (nSPS) is 15.1. The van der Waals surface area contributed by atoms with E-state index >= 15 is 0 Å². The Morgan fingerprint density at radius 3 is 2.58 bits per heavy atom. The van der Waals surface area contributed by atoms with Gasteiger partial charge in [0.2, 0.25) is 5.91 Å². The van der Waals surface area contributed by atoms with Gasteiger partial charge in [-0.1, -0.05) is 37.6 Å². The van der Waals surface area contributed by atoms with Crippen LogP contribution in [-0.4, -0.2) is 45.5 Å². The van der Waals surface area contributed by atoms with Crippen molar-refractivity contribution < 1.29 is 4.79 Å². The van der Waals surface area contributed by atoms with Crippen molar-refractivity contribution in [2.45, 2.75) is 53.1 Å². The van der Waals surface area contributed by atoms with Gasteiger partial charge in [-0.25, -0.2) is 0 Å². The molecule has 1 atom stereocenters. The maximum atomic E-state index is 12.8. The molecular weight excluding hydrogens is 456 g/mol. The maximum Gasteiger partial charge on any atom is 0.222 e. The zero-order chi connectivity index (χ0) is 23.7. The van der Waals surface area contributed by atoms with Crippen molar-refractivity contribution in [3.63, 3.8) is 0 Å². The molecule has 0 bridgehead atoms. The van der Waals surface area contributed by atoms with Crippen molar-refractivity contribution in [2.24, 2.45) is 4.99 Å². The molecule has 9 heteroatoms. The summed E-state index contributed by atoms with van der Waals surface area (Å²) in [5.41, 5.74) is 4.05. The highest BCUT2D eigenvalue weighted by Crippen LogP contribution is 2.39. The number of aliphatic imine (C=N–C) groups is 1. The van der Waals surface area contributed by atoms with Gasteiger partial charge in [0.25, 0.3) is 0 Å². The lowest BCUT2D eigenvalue weighted by Gasteiger charge is -2.14. The predicted molar refractivity (Wildman–Crippen MR) is 134 cm³/mol. The summed E-state index contributed by atoms with van der Waals surface area (Å²) in [5.74, 6) is 1.41. The Hall–Kier alpha value is -2.55. The number of thiophene rings is 1. The third kappa shape index (κ3) is 4.88. The molecule has 2 aromatic heterocycles. The molecule has 0 unspecified atom stereocenters. The van der Waals surface area contributed by atoms with E-state index in [2.05, 4.69) is 53.1 Å². The summed E-state index contributed by atoms with van der Waals surface area (Å²) in [4.78, 5) is 19.2. The van der Waals surface area contributed by atoms with Crippen LogP contribution in [0.2, 0.25) is 5.02 Å². The van der Waals surface area contributed by atoms with Gasteiger partial charge >= 0.3 is 0 Å². The van der Waals surface area contributed by atoms with Gasteiger partial charge in [0.15, 0.2) is 5.82 Å². The standard InChI is InChI=1S/C24H29ClN6OS/c1-13(2)26-10-11-27-20(32)12-19-23-30-29-16(5)31(23)24-21(14(3)15(4)33-24)22(28-19)17-6-8-18(25)9-7-17/h6-9,13,19,26H,10-12H2,1-5H3,(H,27,32)/t19-/m0/s1. The Bertz CT molecular complexity index is 1190. The van der Waals surface area contributed by atoms with E-state index in [1.165, 1.54) is 10.4 Å². The lowest BCUT2D eigenvalue weighted by atomic mass is 9.99. The lowest BCUT2D eigenvalue weighted by molar-refractivity contribution is -0.121. The van der Waals surface area contributed by atoms with Gasteiger partial charge in [-0.3, -0.25) is 14.4 Å². The third-order valence-corrected chi connectivity index (χ3v) is 7.18. The molecule has 0 radical (unpaired) electrons. The van der Waals surface area contributed by atoms with Crippen molar-refractivity contribution in [3.05, 3.63) is 62.5 Å². The summed E-state index contributed by atoms with van der Waals surface area (Å²) in [6.07, 6.45) is 0.198. The number of nitrogens with zero attached hydrogens (tertiary/aromatic N) is 4. The first-order valence-electron chi connectivity index (χ1n) is 11.1. The highest BCUT2D eigenvalue weighted by molar-refractivity contribution is 7.15. The van der Waals surface area contributed by atoms with Crippen LogP contribution in [0.1, 0.15) is 59.5 Å². The number of aryl methyl sites for hydroxylation is 2. The largest absolute Gasteiger partial charge is 0.355 e. The number of carbonyl (C=O) groups is 1. The Morgan fingerprint density at radius 2 is 1.88 bits per heavy atom. The Labute approximate surface area is 203 Å². The van der Waals surface area contributed by atoms with E-state index in [4.69, 9.17) is 16.6 Å². The fraction of sp³-hybridized carbons (Fsp3) is 0.417. The van der Waals surface area contributed by atoms with Crippen LogP contribution in [-0.2, 0) is 4.79 Å². The number of nitrogens with one attached hydrogen (secondary N) is 2. The minimum Gasteiger partial charge on any atom is -0.355 e. The van der Waals surface area contributed by atoms with Crippen molar-refractivity contribution in [1.82, 2.24) is 25.4 Å². The molecule has 1 amide bonds. The summed E-state index contributed by atoms with van der Waals surface area (Å²) in [7, 11) is 0. The molecular formula is C24H29ClN6OS. The number of carbonyl (C=O) groups excluding carboxylic acids is 1. The number of hydrogen-bond acceptors (Lipinski definition) is 6. The van der Waals surface area contributed by atoms with Crippen LogP contribution in [0.5, 0.6) is 0 Å². The molecule has 0 saturated carbocycles. The number of amides is 1. The van der Waals surface area contributed by atoms with Gasteiger partial charge in [0.1, 0.15) is 16.9 Å². The average Bonchev–Trinajstić information content (AvgIpc) is 3.24. The molecule has 7 nitrogen and oxygen atoms in total. The van der Waals surface area contributed by atoms with Crippen LogP contribution in [0.3, 0.4) is 0 Å². The van der Waals surface area contributed by atoms with Gasteiger partial charge in [0.05, 0.1) is 12.1 Å². The molecule has 2 N–H and O–H groups in total. The number of benzene rings is 1. The monoisotopic (exact) mass is 484 g/mol. The molecule has 3 aromatic rings. The van der Waals surface area contributed by atoms with Crippen molar-refractivity contribution >= 4 is 34.6 Å². The SMILES string of the molecule is Cc1sc2c(c1C)C(c1ccc(Cl)cc1)=N[C@@H](CC(=O)NCCNC(C)C)c1nnc(C)n1-2. The highest BCUT2D eigenvalue weighted by Gasteiger charge is 2.32. The van der Waals surface area contributed by atoms with Gasteiger partial charge < -0.3 is 10.6 Å². The zero-order valence-corrected chi connectivity index (χ0v) is 21.1. The molecule has 174 valence electrons. The van der Waals surface area contributed by atoms with E-state index in [0.29, 0.717) is 23.4 Å². The van der Waals surface area contributed by atoms with Crippen molar-refractivity contribution in [2.75, 3.05) is 13.1 Å². The Balaban J connectivity index is 1.75. The van der Waals surface area contributed by atoms with Crippen LogP contribution in [0.25, 0.3) is 5.00 Å². The van der Waals surface area contributed by atoms with Crippen LogP contribution >= 0.6 is 22.9 Å². The predicted octanol–water partition coefficient (Wildman–Crippen LogP) is 4.30. The molecule has 0 aliphatic carbocycles. The fourth-order valence-electron chi connectivity index (χ4n) is 3.94. The fourth-order valence-corrected chi connectivity index (χ4v) is 5.28. The summed E-state index contributed by atoms with van der Waals surface area (Å²) < 4.78 is 2.06. The maximum absolute atomic E-state index is 12.8. The second-order valence-electron chi connectivity index (χ2n) is 8.57. The molecule has 1 aliphatic rings. The van der Waals surface area contributed by atoms with Gasteiger partial charge in [-0.2, -0.15) is 0 Å². The van der Waals surface area contributed by atoms with Crippen LogP contribution < -0.4 is 10.6 Å². The first kappa shape index (κ1) is 23.6. The van der Waals surface area contributed by atoms with E-state index < -0.39 is 6.04 Å². The number of rotatable bonds is 7. The average molecular weight is 485 g/mol. The number of aromatic nitrogens is 3. The first-order valence-corrected chi connectivity index (χ1v) is 12.3. The second kappa shape index (κ2) is 9.75. The topological polar surface area (TPSA) is 84.2 Å². The smallest absolute Gasteiger partial charge is 0.222 e. The summed E-state index contributed by atoms with van der Waals surface area (Å²) in [6, 6.07) is 7.62. The van der Waals surface area contributed by atoms with E-state index in [9.17, 15) is 4.79 Å². The highest BCUT2D eigenvalue weighted by atomic mass is 35.5. The molecule has 4 rings (SSSR count). The molecule has 0 saturated heterocycles. The number of fused-ring (bicyclic) bond motifs is 3. The van der Waals surface area contributed by atoms with E-state index in [1.54, 1.807) is 11.3 Å². The summed E-state index contributed by atoms with van der Waals surface area (Å²) in [5, 5.41) is 16.8. The molecule has 0 spiro atoms. The summed E-state index contributed by atoms with van der Waals surface area (Å²) in [6.45, 7) is 11.6. The zero-order valence-electron chi connectivity index (χ0n) is 19.6. The quantitative estimate of drug-likeness (QED) is 0.489. The Kier molecular flexibility index (Phi) is 6.97. The first-order chi connectivity index (χ1) is 15.8. The van der Waals surface area contributed by atoms with E-state index in [0.717, 1.165) is 34.2 Å². The molecule has 1 aromatic carbocycles. The van der Waals surface area contributed by atoms with Crippen molar-refractivity contribution in [3.8, 4) is 5.00 Å². The van der Waals surface area contributed by atoms with Gasteiger partial charge in [0, 0.05) is 40.2 Å². The number of hydrogen-bond donors (Lipinski definition) is 2.